The van der Waals surface area contributed by atoms with Gasteiger partial charge in [0.1, 0.15) is 0 Å². The van der Waals surface area contributed by atoms with Gasteiger partial charge in [0.2, 0.25) is 0 Å². The van der Waals surface area contributed by atoms with Crippen molar-refractivity contribution in [3.63, 3.8) is 0 Å². The number of hydrogen-bond acceptors (Lipinski definition) is 3. The number of ether oxygens (including phenoxy) is 1. The lowest BCUT2D eigenvalue weighted by Gasteiger charge is -2.06. The summed E-state index contributed by atoms with van der Waals surface area (Å²) in [6.45, 7) is 0.674. The molecule has 0 unspecified atom stereocenters. The molecule has 0 radical (unpaired) electrons. The molecule has 3 nitrogen and oxygen atoms in total. The minimum Gasteiger partial charge on any atom is -0.377 e. The van der Waals surface area contributed by atoms with E-state index >= 15 is 0 Å². The van der Waals surface area contributed by atoms with E-state index in [2.05, 4.69) is 0 Å². The van der Waals surface area contributed by atoms with Crippen LogP contribution in [0.5, 0.6) is 0 Å². The summed E-state index contributed by atoms with van der Waals surface area (Å²) in [6.07, 6.45) is 0.448. The van der Waals surface area contributed by atoms with Crippen LogP contribution in [0.1, 0.15) is 6.42 Å². The van der Waals surface area contributed by atoms with Crippen LogP contribution in [-0.2, 0) is 4.74 Å². The Bertz CT molecular complexity index is 121. The standard InChI is InChI=1S/C5H7NO2/c6-3-5(7)1-2-8-4-5/h7H,1-2,4H2/t5-/m1/s1. The highest BCUT2D eigenvalue weighted by atomic mass is 16.5. The number of nitriles is 1. The van der Waals surface area contributed by atoms with Crippen molar-refractivity contribution in [3.05, 3.63) is 0 Å². The largest absolute Gasteiger partial charge is 0.377 e. The first-order chi connectivity index (χ1) is 3.77. The summed E-state index contributed by atoms with van der Waals surface area (Å²) < 4.78 is 4.78. The zero-order valence-electron chi connectivity index (χ0n) is 4.42. The minimum atomic E-state index is -1.18. The van der Waals surface area contributed by atoms with E-state index in [1.807, 2.05) is 0 Å². The van der Waals surface area contributed by atoms with Gasteiger partial charge < -0.3 is 9.84 Å². The molecule has 1 aliphatic heterocycles. The van der Waals surface area contributed by atoms with Crippen molar-refractivity contribution in [1.82, 2.24) is 0 Å². The Morgan fingerprint density at radius 2 is 2.50 bits per heavy atom. The highest BCUT2D eigenvalue weighted by Gasteiger charge is 2.31. The van der Waals surface area contributed by atoms with Crippen LogP contribution in [-0.4, -0.2) is 23.9 Å². The lowest BCUT2D eigenvalue weighted by atomic mass is 10.1. The van der Waals surface area contributed by atoms with E-state index in [-0.39, 0.29) is 6.61 Å². The summed E-state index contributed by atoms with van der Waals surface area (Å²) in [5.41, 5.74) is -1.18. The van der Waals surface area contributed by atoms with Gasteiger partial charge in [0.25, 0.3) is 0 Å². The highest BCUT2D eigenvalue weighted by molar-refractivity contribution is 5.02. The molecule has 0 saturated carbocycles. The first-order valence-corrected chi connectivity index (χ1v) is 2.48. The molecule has 3 heteroatoms. The molecule has 0 spiro atoms. The van der Waals surface area contributed by atoms with Crippen molar-refractivity contribution in [2.45, 2.75) is 12.0 Å². The molecular weight excluding hydrogens is 106 g/mol. The second-order valence-electron chi connectivity index (χ2n) is 1.95. The molecule has 0 aliphatic carbocycles. The summed E-state index contributed by atoms with van der Waals surface area (Å²) >= 11 is 0. The average molecular weight is 113 g/mol. The molecule has 1 rings (SSSR count). The second-order valence-corrected chi connectivity index (χ2v) is 1.95. The molecule has 0 aromatic heterocycles. The third kappa shape index (κ3) is 0.808. The van der Waals surface area contributed by atoms with Crippen molar-refractivity contribution in [2.75, 3.05) is 13.2 Å². The maximum Gasteiger partial charge on any atom is 0.176 e. The highest BCUT2D eigenvalue weighted by Crippen LogP contribution is 2.15. The van der Waals surface area contributed by atoms with E-state index in [1.54, 1.807) is 6.07 Å². The molecular formula is C5H7NO2. The van der Waals surface area contributed by atoms with Crippen molar-refractivity contribution in [2.24, 2.45) is 0 Å². The van der Waals surface area contributed by atoms with Crippen LogP contribution in [0.2, 0.25) is 0 Å². The second kappa shape index (κ2) is 1.73. The fourth-order valence-electron chi connectivity index (χ4n) is 0.642. The van der Waals surface area contributed by atoms with Crippen molar-refractivity contribution >= 4 is 0 Å². The van der Waals surface area contributed by atoms with E-state index < -0.39 is 5.60 Å². The third-order valence-corrected chi connectivity index (χ3v) is 1.21. The first kappa shape index (κ1) is 5.54. The van der Waals surface area contributed by atoms with Crippen molar-refractivity contribution < 1.29 is 9.84 Å². The molecule has 0 aromatic carbocycles. The Labute approximate surface area is 47.5 Å². The lowest BCUT2D eigenvalue weighted by Crippen LogP contribution is -2.25. The molecule has 44 valence electrons. The Hall–Kier alpha value is -0.590. The molecule has 1 aliphatic rings. The monoisotopic (exact) mass is 113 g/mol. The molecule has 1 saturated heterocycles. The Morgan fingerprint density at radius 1 is 1.75 bits per heavy atom. The summed E-state index contributed by atoms with van der Waals surface area (Å²) in [6, 6.07) is 1.77. The summed E-state index contributed by atoms with van der Waals surface area (Å²) in [5.74, 6) is 0. The van der Waals surface area contributed by atoms with Gasteiger partial charge in [-0.15, -0.1) is 0 Å². The summed E-state index contributed by atoms with van der Waals surface area (Å²) in [5, 5.41) is 17.3. The molecule has 1 atom stereocenters. The van der Waals surface area contributed by atoms with Crippen LogP contribution >= 0.6 is 0 Å². The SMILES string of the molecule is N#C[C@]1(O)CCOC1. The molecule has 1 fully saturated rings. The fraction of sp³-hybridized carbons (Fsp3) is 0.800. The van der Waals surface area contributed by atoms with Crippen molar-refractivity contribution in [1.29, 1.82) is 5.26 Å². The van der Waals surface area contributed by atoms with Crippen LogP contribution in [0.25, 0.3) is 0 Å². The summed E-state index contributed by atoms with van der Waals surface area (Å²) in [7, 11) is 0. The van der Waals surface area contributed by atoms with Gasteiger partial charge >= 0.3 is 0 Å². The van der Waals surface area contributed by atoms with Crippen LogP contribution in [0.4, 0.5) is 0 Å². The number of rotatable bonds is 0. The Balaban J connectivity index is 2.56. The fourth-order valence-corrected chi connectivity index (χ4v) is 0.642. The van der Waals surface area contributed by atoms with Gasteiger partial charge in [-0.25, -0.2) is 0 Å². The predicted molar refractivity (Wildman–Crippen MR) is 26.0 cm³/mol. The van der Waals surface area contributed by atoms with E-state index in [1.165, 1.54) is 0 Å². The maximum atomic E-state index is 9.01. The molecule has 8 heavy (non-hydrogen) atoms. The number of aliphatic hydroxyl groups is 1. The van der Waals surface area contributed by atoms with E-state index in [9.17, 15) is 0 Å². The predicted octanol–water partition coefficient (Wildman–Crippen LogP) is -0.339. The lowest BCUT2D eigenvalue weighted by molar-refractivity contribution is 0.0747. The van der Waals surface area contributed by atoms with E-state index in [4.69, 9.17) is 15.1 Å². The van der Waals surface area contributed by atoms with E-state index in [0.29, 0.717) is 13.0 Å². The third-order valence-electron chi connectivity index (χ3n) is 1.21. The molecule has 0 aromatic rings. The van der Waals surface area contributed by atoms with Gasteiger partial charge in [-0.1, -0.05) is 0 Å². The zero-order chi connectivity index (χ0) is 6.04. The smallest absolute Gasteiger partial charge is 0.176 e. The maximum absolute atomic E-state index is 9.01. The molecule has 0 amide bonds. The number of nitrogens with zero attached hydrogens (tertiary/aromatic N) is 1. The summed E-state index contributed by atoms with van der Waals surface area (Å²) in [4.78, 5) is 0. The average Bonchev–Trinajstić information content (AvgIpc) is 2.17. The van der Waals surface area contributed by atoms with Gasteiger partial charge in [-0.2, -0.15) is 5.26 Å². The van der Waals surface area contributed by atoms with Crippen LogP contribution in [0.3, 0.4) is 0 Å². The number of hydrogen-bond donors (Lipinski definition) is 1. The minimum absolute atomic E-state index is 0.170. The van der Waals surface area contributed by atoms with Crippen LogP contribution in [0.15, 0.2) is 0 Å². The van der Waals surface area contributed by atoms with Gasteiger partial charge in [0.05, 0.1) is 19.3 Å². The van der Waals surface area contributed by atoms with Gasteiger partial charge in [0.15, 0.2) is 5.60 Å². The Kier molecular flexibility index (Phi) is 1.20. The topological polar surface area (TPSA) is 53.2 Å². The normalized spacial score (nSPS) is 37.0. The van der Waals surface area contributed by atoms with Crippen molar-refractivity contribution in [3.8, 4) is 6.07 Å². The zero-order valence-corrected chi connectivity index (χ0v) is 4.42. The van der Waals surface area contributed by atoms with Gasteiger partial charge in [-0.3, -0.25) is 0 Å². The quantitative estimate of drug-likeness (QED) is 0.437. The van der Waals surface area contributed by atoms with Gasteiger partial charge in [-0.05, 0) is 0 Å². The van der Waals surface area contributed by atoms with Crippen LogP contribution in [0, 0.1) is 11.3 Å². The Morgan fingerprint density at radius 3 is 2.75 bits per heavy atom. The van der Waals surface area contributed by atoms with Gasteiger partial charge in [0, 0.05) is 6.42 Å². The first-order valence-electron chi connectivity index (χ1n) is 2.48. The molecule has 1 N–H and O–H groups in total. The molecule has 0 bridgehead atoms. The molecule has 1 heterocycles. The van der Waals surface area contributed by atoms with Crippen LogP contribution < -0.4 is 0 Å². The van der Waals surface area contributed by atoms with E-state index in [0.717, 1.165) is 0 Å².